The summed E-state index contributed by atoms with van der Waals surface area (Å²) in [5.74, 6) is 0.0422. The molecule has 1 aliphatic rings. The quantitative estimate of drug-likeness (QED) is 0.537. The van der Waals surface area contributed by atoms with Crippen molar-refractivity contribution in [3.63, 3.8) is 0 Å². The summed E-state index contributed by atoms with van der Waals surface area (Å²) in [6, 6.07) is 0. The fourth-order valence-electron chi connectivity index (χ4n) is 1.34. The van der Waals surface area contributed by atoms with Gasteiger partial charge in [-0.3, -0.25) is 4.79 Å². The second-order valence-corrected chi connectivity index (χ2v) is 4.11. The zero-order valence-electron chi connectivity index (χ0n) is 8.81. The summed E-state index contributed by atoms with van der Waals surface area (Å²) in [5, 5.41) is 14.9. The van der Waals surface area contributed by atoms with Crippen molar-refractivity contribution < 1.29 is 9.90 Å². The average molecular weight is 200 g/mol. The van der Waals surface area contributed by atoms with E-state index < -0.39 is 0 Å². The van der Waals surface area contributed by atoms with Crippen molar-refractivity contribution in [2.24, 2.45) is 5.41 Å². The maximum Gasteiger partial charge on any atom is 0.233 e. The minimum Gasteiger partial charge on any atom is -0.396 e. The predicted molar refractivity (Wildman–Crippen MR) is 54.9 cm³/mol. The third kappa shape index (κ3) is 3.64. The highest BCUT2D eigenvalue weighted by atomic mass is 16.3. The Labute approximate surface area is 85.1 Å². The Hall–Kier alpha value is -0.610. The van der Waals surface area contributed by atoms with E-state index >= 15 is 0 Å². The van der Waals surface area contributed by atoms with E-state index in [1.54, 1.807) is 0 Å². The van der Waals surface area contributed by atoms with Crippen molar-refractivity contribution in [2.45, 2.75) is 26.2 Å². The molecule has 3 N–H and O–H groups in total. The molecule has 1 fully saturated rings. The topological polar surface area (TPSA) is 61.4 Å². The van der Waals surface area contributed by atoms with Crippen LogP contribution in [0.3, 0.4) is 0 Å². The number of rotatable bonds is 7. The van der Waals surface area contributed by atoms with E-state index in [4.69, 9.17) is 5.11 Å². The number of nitrogens with one attached hydrogen (secondary N) is 2. The van der Waals surface area contributed by atoms with Gasteiger partial charge in [-0.25, -0.2) is 0 Å². The minimum atomic E-state index is 0.0422. The van der Waals surface area contributed by atoms with Gasteiger partial charge in [0.05, 0.1) is 6.54 Å². The van der Waals surface area contributed by atoms with Gasteiger partial charge in [0.2, 0.25) is 5.91 Å². The van der Waals surface area contributed by atoms with E-state index in [1.165, 1.54) is 0 Å². The average Bonchev–Trinajstić information content (AvgIpc) is 2.96. The van der Waals surface area contributed by atoms with Crippen molar-refractivity contribution in [3.8, 4) is 0 Å². The summed E-state index contributed by atoms with van der Waals surface area (Å²) in [4.78, 5) is 11.2. The van der Waals surface area contributed by atoms with Gasteiger partial charge in [-0.1, -0.05) is 6.92 Å². The number of hydrogen-bond acceptors (Lipinski definition) is 3. The summed E-state index contributed by atoms with van der Waals surface area (Å²) >= 11 is 0. The molecule has 1 rings (SSSR count). The molecule has 0 aromatic carbocycles. The number of aliphatic hydroxyl groups is 1. The molecule has 1 aliphatic carbocycles. The van der Waals surface area contributed by atoms with Crippen molar-refractivity contribution in [1.82, 2.24) is 10.6 Å². The smallest absolute Gasteiger partial charge is 0.233 e. The molecule has 14 heavy (non-hydrogen) atoms. The molecule has 0 radical (unpaired) electrons. The van der Waals surface area contributed by atoms with Crippen molar-refractivity contribution >= 4 is 5.91 Å². The lowest BCUT2D eigenvalue weighted by Crippen LogP contribution is -2.37. The molecule has 4 nitrogen and oxygen atoms in total. The van der Waals surface area contributed by atoms with Crippen molar-refractivity contribution in [1.29, 1.82) is 0 Å². The fourth-order valence-corrected chi connectivity index (χ4v) is 1.34. The van der Waals surface area contributed by atoms with Crippen LogP contribution in [0, 0.1) is 5.41 Å². The molecule has 0 aliphatic heterocycles. The molecule has 82 valence electrons. The lowest BCUT2D eigenvalue weighted by molar-refractivity contribution is -0.120. The Morgan fingerprint density at radius 2 is 2.21 bits per heavy atom. The molecule has 0 aromatic heterocycles. The van der Waals surface area contributed by atoms with Gasteiger partial charge in [-0.05, 0) is 19.3 Å². The lowest BCUT2D eigenvalue weighted by Gasteiger charge is -2.12. The van der Waals surface area contributed by atoms with Gasteiger partial charge in [-0.15, -0.1) is 0 Å². The van der Waals surface area contributed by atoms with Gasteiger partial charge in [0.25, 0.3) is 0 Å². The number of amides is 1. The predicted octanol–water partition coefficient (Wildman–Crippen LogP) is -0.125. The molecule has 0 saturated heterocycles. The fraction of sp³-hybridized carbons (Fsp3) is 0.900. The molecule has 0 aromatic rings. The van der Waals surface area contributed by atoms with Gasteiger partial charge < -0.3 is 15.7 Å². The first kappa shape index (κ1) is 11.5. The van der Waals surface area contributed by atoms with Crippen LogP contribution in [0.1, 0.15) is 26.2 Å². The van der Waals surface area contributed by atoms with Gasteiger partial charge in [-0.2, -0.15) is 0 Å². The maximum absolute atomic E-state index is 11.2. The molecule has 0 atom stereocenters. The number of hydrogen-bond donors (Lipinski definition) is 3. The van der Waals surface area contributed by atoms with E-state index in [0.29, 0.717) is 6.54 Å². The molecule has 0 spiro atoms. The van der Waals surface area contributed by atoms with Crippen LogP contribution >= 0.6 is 0 Å². The highest BCUT2D eigenvalue weighted by molar-refractivity contribution is 5.77. The third-order valence-corrected chi connectivity index (χ3v) is 2.65. The van der Waals surface area contributed by atoms with Crippen molar-refractivity contribution in [3.05, 3.63) is 0 Å². The number of aliphatic hydroxyl groups excluding tert-OH is 1. The monoisotopic (exact) mass is 200 g/mol. The highest BCUT2D eigenvalue weighted by Crippen LogP contribution is 2.44. The summed E-state index contributed by atoms with van der Waals surface area (Å²) in [6.07, 6.45) is 3.12. The largest absolute Gasteiger partial charge is 0.396 e. The molecular weight excluding hydrogens is 180 g/mol. The second-order valence-electron chi connectivity index (χ2n) is 4.11. The van der Waals surface area contributed by atoms with Crippen LogP contribution in [-0.4, -0.2) is 37.3 Å². The Morgan fingerprint density at radius 3 is 2.71 bits per heavy atom. The molecule has 0 unspecified atom stereocenters. The summed E-state index contributed by atoms with van der Waals surface area (Å²) in [5.41, 5.74) is 0.0883. The van der Waals surface area contributed by atoms with Crippen LogP contribution in [0.4, 0.5) is 0 Å². The first-order valence-corrected chi connectivity index (χ1v) is 5.31. The van der Waals surface area contributed by atoms with E-state index in [-0.39, 0.29) is 17.9 Å². The molecule has 0 bridgehead atoms. The molecule has 1 amide bonds. The highest BCUT2D eigenvalue weighted by Gasteiger charge is 2.41. The zero-order chi connectivity index (χ0) is 10.4. The second kappa shape index (κ2) is 5.32. The number of carbonyl (C=O) groups excluding carboxylic acids is 1. The van der Waals surface area contributed by atoms with E-state index in [9.17, 15) is 4.79 Å². The van der Waals surface area contributed by atoms with Crippen LogP contribution < -0.4 is 10.6 Å². The summed E-state index contributed by atoms with van der Waals surface area (Å²) in [7, 11) is 0. The van der Waals surface area contributed by atoms with Crippen LogP contribution in [0.2, 0.25) is 0 Å². The van der Waals surface area contributed by atoms with E-state index in [0.717, 1.165) is 32.4 Å². The Kier molecular flexibility index (Phi) is 4.35. The molecule has 4 heteroatoms. The Balaban J connectivity index is 2.00. The van der Waals surface area contributed by atoms with Crippen molar-refractivity contribution in [2.75, 3.05) is 26.2 Å². The van der Waals surface area contributed by atoms with Crippen LogP contribution in [0.15, 0.2) is 0 Å². The standard InChI is InChI=1S/C10H20N2O2/c1-2-5-12-9(14)6-11-7-10(8-13)3-4-10/h11,13H,2-8H2,1H3,(H,12,14). The minimum absolute atomic E-state index is 0.0422. The van der Waals surface area contributed by atoms with Gasteiger partial charge in [0.1, 0.15) is 0 Å². The molecule has 0 heterocycles. The van der Waals surface area contributed by atoms with Gasteiger partial charge >= 0.3 is 0 Å². The van der Waals surface area contributed by atoms with Crippen LogP contribution in [-0.2, 0) is 4.79 Å². The SMILES string of the molecule is CCCNC(=O)CNCC1(CO)CC1. The zero-order valence-corrected chi connectivity index (χ0v) is 8.81. The van der Waals surface area contributed by atoms with E-state index in [2.05, 4.69) is 10.6 Å². The number of carbonyl (C=O) groups is 1. The first-order valence-electron chi connectivity index (χ1n) is 5.31. The Morgan fingerprint density at radius 1 is 1.50 bits per heavy atom. The molecular formula is C10H20N2O2. The van der Waals surface area contributed by atoms with Gasteiger partial charge in [0, 0.05) is 25.1 Å². The lowest BCUT2D eigenvalue weighted by atomic mass is 10.1. The normalized spacial score (nSPS) is 17.9. The first-order chi connectivity index (χ1) is 6.72. The molecule has 1 saturated carbocycles. The maximum atomic E-state index is 11.2. The Bertz CT molecular complexity index is 191. The summed E-state index contributed by atoms with van der Waals surface area (Å²) < 4.78 is 0. The van der Waals surface area contributed by atoms with Crippen LogP contribution in [0.5, 0.6) is 0 Å². The van der Waals surface area contributed by atoms with Gasteiger partial charge in [0.15, 0.2) is 0 Å². The van der Waals surface area contributed by atoms with E-state index in [1.807, 2.05) is 6.92 Å². The third-order valence-electron chi connectivity index (χ3n) is 2.65. The summed E-state index contributed by atoms with van der Waals surface area (Å²) in [6.45, 7) is 4.12. The van der Waals surface area contributed by atoms with Crippen LogP contribution in [0.25, 0.3) is 0 Å².